The van der Waals surface area contributed by atoms with Crippen LogP contribution in [0.1, 0.15) is 31.7 Å². The summed E-state index contributed by atoms with van der Waals surface area (Å²) in [6.45, 7) is -0.0420. The predicted molar refractivity (Wildman–Crippen MR) is 106 cm³/mol. The molecule has 1 N–H and O–H groups in total. The molecule has 0 saturated heterocycles. The average Bonchev–Trinajstić information content (AvgIpc) is 3.39. The number of nitrogens with one attached hydrogen (secondary N) is 1. The third kappa shape index (κ3) is 4.03. The Morgan fingerprint density at radius 3 is 2.59 bits per heavy atom. The maximum Gasteiger partial charge on any atom is 0.263 e. The van der Waals surface area contributed by atoms with E-state index >= 15 is 0 Å². The van der Waals surface area contributed by atoms with E-state index in [0.717, 1.165) is 29.8 Å². The van der Waals surface area contributed by atoms with Gasteiger partial charge in [-0.1, -0.05) is 61.4 Å². The molecule has 1 aromatic heterocycles. The lowest BCUT2D eigenvalue weighted by atomic mass is 10.1. The summed E-state index contributed by atoms with van der Waals surface area (Å²) in [5.74, 6) is 1.26. The van der Waals surface area contributed by atoms with E-state index in [-0.39, 0.29) is 12.5 Å². The predicted octanol–water partition coefficient (Wildman–Crippen LogP) is 4.68. The number of nitrogens with zero attached hydrogens (tertiary/aromatic N) is 2. The number of benzene rings is 2. The third-order valence-corrected chi connectivity index (χ3v) is 4.94. The molecule has 1 aliphatic carbocycles. The number of anilines is 1. The molecule has 0 atom stereocenters. The molecule has 5 heteroatoms. The largest absolute Gasteiger partial charge is 0.483 e. The SMILES string of the molecule is O=C(COc1ccccc1-c1ccccc1)Nc1ccnn1C1CCCC1. The van der Waals surface area contributed by atoms with Crippen LogP contribution in [0.15, 0.2) is 66.9 Å². The number of rotatable bonds is 6. The summed E-state index contributed by atoms with van der Waals surface area (Å²) in [5, 5.41) is 7.32. The maximum absolute atomic E-state index is 12.4. The van der Waals surface area contributed by atoms with E-state index in [1.54, 1.807) is 6.20 Å². The Balaban J connectivity index is 1.42. The Hall–Kier alpha value is -3.08. The van der Waals surface area contributed by atoms with Crippen molar-refractivity contribution < 1.29 is 9.53 Å². The zero-order valence-corrected chi connectivity index (χ0v) is 15.2. The molecule has 1 saturated carbocycles. The molecule has 1 heterocycles. The van der Waals surface area contributed by atoms with Gasteiger partial charge in [-0.2, -0.15) is 5.10 Å². The van der Waals surface area contributed by atoms with Crippen molar-refractivity contribution in [2.24, 2.45) is 0 Å². The highest BCUT2D eigenvalue weighted by Gasteiger charge is 2.20. The van der Waals surface area contributed by atoms with Crippen molar-refractivity contribution >= 4 is 11.7 Å². The van der Waals surface area contributed by atoms with Crippen LogP contribution in [-0.2, 0) is 4.79 Å². The quantitative estimate of drug-likeness (QED) is 0.693. The number of aromatic nitrogens is 2. The fraction of sp³-hybridized carbons (Fsp3) is 0.273. The lowest BCUT2D eigenvalue weighted by molar-refractivity contribution is -0.118. The van der Waals surface area contributed by atoms with Gasteiger partial charge in [-0.15, -0.1) is 0 Å². The van der Waals surface area contributed by atoms with Crippen molar-refractivity contribution in [3.63, 3.8) is 0 Å². The zero-order valence-electron chi connectivity index (χ0n) is 15.2. The van der Waals surface area contributed by atoms with Gasteiger partial charge in [0.15, 0.2) is 6.61 Å². The molecule has 0 radical (unpaired) electrons. The summed E-state index contributed by atoms with van der Waals surface area (Å²) in [7, 11) is 0. The van der Waals surface area contributed by atoms with Gasteiger partial charge in [0, 0.05) is 11.6 Å². The van der Waals surface area contributed by atoms with Gasteiger partial charge in [0.1, 0.15) is 11.6 Å². The van der Waals surface area contributed by atoms with Crippen LogP contribution in [-0.4, -0.2) is 22.3 Å². The lowest BCUT2D eigenvalue weighted by Crippen LogP contribution is -2.23. The van der Waals surface area contributed by atoms with E-state index < -0.39 is 0 Å². The highest BCUT2D eigenvalue weighted by atomic mass is 16.5. The van der Waals surface area contributed by atoms with Gasteiger partial charge < -0.3 is 10.1 Å². The molecule has 27 heavy (non-hydrogen) atoms. The topological polar surface area (TPSA) is 56.1 Å². The number of ether oxygens (including phenoxy) is 1. The monoisotopic (exact) mass is 361 g/mol. The number of hydrogen-bond donors (Lipinski definition) is 1. The van der Waals surface area contributed by atoms with Crippen LogP contribution in [0.3, 0.4) is 0 Å². The number of para-hydroxylation sites is 1. The van der Waals surface area contributed by atoms with Crippen LogP contribution >= 0.6 is 0 Å². The van der Waals surface area contributed by atoms with E-state index in [1.807, 2.05) is 65.3 Å². The van der Waals surface area contributed by atoms with Crippen LogP contribution in [0.25, 0.3) is 11.1 Å². The summed E-state index contributed by atoms with van der Waals surface area (Å²) in [6, 6.07) is 20.0. The van der Waals surface area contributed by atoms with Gasteiger partial charge in [0.2, 0.25) is 0 Å². The second kappa shape index (κ2) is 8.08. The minimum Gasteiger partial charge on any atom is -0.483 e. The van der Waals surface area contributed by atoms with E-state index in [9.17, 15) is 4.79 Å². The first-order valence-corrected chi connectivity index (χ1v) is 9.42. The molecular formula is C22H23N3O2. The van der Waals surface area contributed by atoms with Crippen molar-refractivity contribution in [3.8, 4) is 16.9 Å². The second-order valence-electron chi connectivity index (χ2n) is 6.80. The number of carbonyl (C=O) groups excluding carboxylic acids is 1. The van der Waals surface area contributed by atoms with Crippen molar-refractivity contribution in [1.29, 1.82) is 0 Å². The lowest BCUT2D eigenvalue weighted by Gasteiger charge is -2.15. The first-order chi connectivity index (χ1) is 13.3. The minimum absolute atomic E-state index is 0.0420. The van der Waals surface area contributed by atoms with E-state index in [1.165, 1.54) is 12.8 Å². The van der Waals surface area contributed by atoms with E-state index in [2.05, 4.69) is 10.4 Å². The van der Waals surface area contributed by atoms with Crippen LogP contribution in [0.2, 0.25) is 0 Å². The molecule has 2 aromatic carbocycles. The van der Waals surface area contributed by atoms with E-state index in [4.69, 9.17) is 4.74 Å². The van der Waals surface area contributed by atoms with Gasteiger partial charge in [0.05, 0.1) is 12.2 Å². The molecule has 0 bridgehead atoms. The van der Waals surface area contributed by atoms with Crippen LogP contribution in [0.4, 0.5) is 5.82 Å². The van der Waals surface area contributed by atoms with Gasteiger partial charge >= 0.3 is 0 Å². The Morgan fingerprint density at radius 1 is 1.04 bits per heavy atom. The Labute approximate surface area is 159 Å². The summed E-state index contributed by atoms with van der Waals surface area (Å²) >= 11 is 0. The smallest absolute Gasteiger partial charge is 0.263 e. The molecule has 0 spiro atoms. The summed E-state index contributed by atoms with van der Waals surface area (Å²) in [4.78, 5) is 12.4. The number of hydrogen-bond acceptors (Lipinski definition) is 3. The first-order valence-electron chi connectivity index (χ1n) is 9.42. The molecule has 4 rings (SSSR count). The summed E-state index contributed by atoms with van der Waals surface area (Å²) in [6.07, 6.45) is 6.41. The van der Waals surface area contributed by atoms with Crippen molar-refractivity contribution in [2.75, 3.05) is 11.9 Å². The van der Waals surface area contributed by atoms with Crippen molar-refractivity contribution in [2.45, 2.75) is 31.7 Å². The molecule has 3 aromatic rings. The highest BCUT2D eigenvalue weighted by Crippen LogP contribution is 2.31. The molecular weight excluding hydrogens is 338 g/mol. The number of carbonyl (C=O) groups is 1. The highest BCUT2D eigenvalue weighted by molar-refractivity contribution is 5.91. The fourth-order valence-electron chi connectivity index (χ4n) is 3.62. The Bertz CT molecular complexity index is 899. The minimum atomic E-state index is -0.183. The van der Waals surface area contributed by atoms with E-state index in [0.29, 0.717) is 11.8 Å². The van der Waals surface area contributed by atoms with Gasteiger partial charge in [-0.3, -0.25) is 4.79 Å². The zero-order chi connectivity index (χ0) is 18.5. The second-order valence-corrected chi connectivity index (χ2v) is 6.80. The Morgan fingerprint density at radius 2 is 1.78 bits per heavy atom. The average molecular weight is 361 g/mol. The standard InChI is InChI=1S/C22H23N3O2/c26-22(24-21-14-15-23-25(21)18-10-4-5-11-18)16-27-20-13-7-6-12-19(20)17-8-2-1-3-9-17/h1-3,6-9,12-15,18H,4-5,10-11,16H2,(H,24,26). The van der Waals surface area contributed by atoms with Crippen LogP contribution in [0.5, 0.6) is 5.75 Å². The molecule has 0 aliphatic heterocycles. The first kappa shape index (κ1) is 17.3. The fourth-order valence-corrected chi connectivity index (χ4v) is 3.62. The van der Waals surface area contributed by atoms with Crippen molar-refractivity contribution in [1.82, 2.24) is 9.78 Å². The molecule has 138 valence electrons. The van der Waals surface area contributed by atoms with Crippen molar-refractivity contribution in [3.05, 3.63) is 66.9 Å². The van der Waals surface area contributed by atoms with Crippen LogP contribution in [0, 0.1) is 0 Å². The normalized spacial score (nSPS) is 14.2. The molecule has 0 unspecified atom stereocenters. The molecule has 1 aliphatic rings. The summed E-state index contributed by atoms with van der Waals surface area (Å²) in [5.41, 5.74) is 2.04. The van der Waals surface area contributed by atoms with Gasteiger partial charge in [-0.25, -0.2) is 4.68 Å². The van der Waals surface area contributed by atoms with Crippen LogP contribution < -0.4 is 10.1 Å². The molecule has 1 amide bonds. The number of amides is 1. The molecule has 1 fully saturated rings. The van der Waals surface area contributed by atoms with Gasteiger partial charge in [-0.05, 0) is 24.5 Å². The van der Waals surface area contributed by atoms with Gasteiger partial charge in [0.25, 0.3) is 5.91 Å². The third-order valence-electron chi connectivity index (χ3n) is 4.94. The Kier molecular flexibility index (Phi) is 5.19. The maximum atomic E-state index is 12.4. The summed E-state index contributed by atoms with van der Waals surface area (Å²) < 4.78 is 7.76. The molecule has 5 nitrogen and oxygen atoms in total.